The first-order chi connectivity index (χ1) is 21.1. The minimum absolute atomic E-state index is 0.283. The highest BCUT2D eigenvalue weighted by molar-refractivity contribution is 6.05. The molecule has 0 fully saturated rings. The van der Waals surface area contributed by atoms with Gasteiger partial charge in [0.2, 0.25) is 11.7 Å². The number of fused-ring (bicyclic) bond motifs is 2. The van der Waals surface area contributed by atoms with E-state index in [-0.39, 0.29) is 5.90 Å². The van der Waals surface area contributed by atoms with Gasteiger partial charge in [0.15, 0.2) is 0 Å². The summed E-state index contributed by atoms with van der Waals surface area (Å²) in [4.78, 5) is 12.8. The van der Waals surface area contributed by atoms with Crippen LogP contribution in [0.5, 0.6) is 0 Å². The van der Waals surface area contributed by atoms with Crippen LogP contribution < -0.4 is 0 Å². The van der Waals surface area contributed by atoms with Gasteiger partial charge >= 0.3 is 11.7 Å². The van der Waals surface area contributed by atoms with Crippen molar-refractivity contribution in [2.45, 2.75) is 60.2 Å². The Morgan fingerprint density at radius 1 is 0.568 bits per heavy atom. The second-order valence-electron chi connectivity index (χ2n) is 11.9. The zero-order valence-electron chi connectivity index (χ0n) is 25.9. The molecule has 0 bridgehead atoms. The van der Waals surface area contributed by atoms with Gasteiger partial charge in [0.05, 0.1) is 0 Å². The standard InChI is InChI=1S/C36H34N4O4/c1-21-13-15-28(16-14-21)33-37-40-32(30-24(4)17-22(2)18-25(30)5)38-43-35(40,29-11-9-8-10-12-29)36(41-33)42-34(39-44-36)31-26(6)19-23(3)20-27(31)7/h8-20H,1-7H3. The number of benzene rings is 4. The van der Waals surface area contributed by atoms with Crippen LogP contribution in [-0.4, -0.2) is 28.6 Å². The van der Waals surface area contributed by atoms with Crippen LogP contribution in [0.25, 0.3) is 0 Å². The molecule has 2 atom stereocenters. The van der Waals surface area contributed by atoms with Crippen LogP contribution in [0.15, 0.2) is 94.3 Å². The first-order valence-electron chi connectivity index (χ1n) is 14.7. The lowest BCUT2D eigenvalue weighted by atomic mass is 9.94. The molecule has 0 aromatic heterocycles. The third-order valence-corrected chi connectivity index (χ3v) is 8.33. The molecule has 3 aliphatic heterocycles. The lowest BCUT2D eigenvalue weighted by Crippen LogP contribution is -2.66. The van der Waals surface area contributed by atoms with Crippen LogP contribution in [0.1, 0.15) is 61.2 Å². The maximum atomic E-state index is 6.77. The molecule has 1 spiro atoms. The summed E-state index contributed by atoms with van der Waals surface area (Å²) in [5.41, 5.74) is 9.02. The SMILES string of the molecule is Cc1ccc(C2=NN3C(c4c(C)cc(C)cc4C)=NOC3(c3ccccc3)C3(ON=C(c4c(C)cc(C)cc4C)O3)O2)cc1. The van der Waals surface area contributed by atoms with Crippen molar-refractivity contribution < 1.29 is 19.1 Å². The number of amidine groups is 1. The fourth-order valence-corrected chi connectivity index (χ4v) is 6.51. The van der Waals surface area contributed by atoms with Gasteiger partial charge in [-0.3, -0.25) is 0 Å². The molecule has 0 N–H and O–H groups in total. The van der Waals surface area contributed by atoms with E-state index in [2.05, 4.69) is 57.1 Å². The van der Waals surface area contributed by atoms with Crippen LogP contribution in [-0.2, 0) is 24.9 Å². The van der Waals surface area contributed by atoms with Crippen molar-refractivity contribution in [3.05, 3.63) is 140 Å². The van der Waals surface area contributed by atoms with Gasteiger partial charge in [-0.05, 0) is 88.0 Å². The van der Waals surface area contributed by atoms with Gasteiger partial charge in [0.1, 0.15) is 0 Å². The Bertz CT molecular complexity index is 1850. The molecule has 222 valence electrons. The predicted molar refractivity (Wildman–Crippen MR) is 169 cm³/mol. The Morgan fingerprint density at radius 3 is 1.75 bits per heavy atom. The van der Waals surface area contributed by atoms with E-state index in [1.807, 2.05) is 75.4 Å². The molecule has 44 heavy (non-hydrogen) atoms. The highest BCUT2D eigenvalue weighted by atomic mass is 17.0. The molecule has 0 radical (unpaired) electrons. The molecule has 2 unspecified atom stereocenters. The van der Waals surface area contributed by atoms with Gasteiger partial charge in [-0.1, -0.05) is 88.6 Å². The summed E-state index contributed by atoms with van der Waals surface area (Å²) in [7, 11) is 0. The van der Waals surface area contributed by atoms with E-state index in [0.29, 0.717) is 17.3 Å². The molecule has 8 heteroatoms. The zero-order chi connectivity index (χ0) is 30.8. The van der Waals surface area contributed by atoms with E-state index >= 15 is 0 Å². The van der Waals surface area contributed by atoms with Crippen molar-refractivity contribution in [1.82, 2.24) is 5.01 Å². The second-order valence-corrected chi connectivity index (χ2v) is 11.9. The van der Waals surface area contributed by atoms with E-state index in [1.54, 1.807) is 5.01 Å². The van der Waals surface area contributed by atoms with Crippen LogP contribution in [0.3, 0.4) is 0 Å². The van der Waals surface area contributed by atoms with E-state index in [4.69, 9.17) is 29.4 Å². The normalized spacial score (nSPS) is 21.9. The maximum Gasteiger partial charge on any atom is 0.512 e. The smallest absolute Gasteiger partial charge is 0.394 e. The van der Waals surface area contributed by atoms with Gasteiger partial charge < -0.3 is 19.1 Å². The summed E-state index contributed by atoms with van der Waals surface area (Å²) < 4.78 is 13.5. The second kappa shape index (κ2) is 9.98. The van der Waals surface area contributed by atoms with Crippen molar-refractivity contribution in [2.24, 2.45) is 15.4 Å². The van der Waals surface area contributed by atoms with Gasteiger partial charge in [0.25, 0.3) is 5.90 Å². The van der Waals surface area contributed by atoms with Crippen molar-refractivity contribution >= 4 is 17.6 Å². The average Bonchev–Trinajstić information content (AvgIpc) is 3.57. The third-order valence-electron chi connectivity index (χ3n) is 8.33. The Kier molecular flexibility index (Phi) is 6.28. The van der Waals surface area contributed by atoms with Crippen molar-refractivity contribution in [1.29, 1.82) is 0 Å². The number of ether oxygens (including phenoxy) is 2. The zero-order valence-corrected chi connectivity index (χ0v) is 25.9. The minimum atomic E-state index is -1.95. The van der Waals surface area contributed by atoms with E-state index in [1.165, 1.54) is 0 Å². The molecule has 0 amide bonds. The van der Waals surface area contributed by atoms with E-state index < -0.39 is 11.7 Å². The lowest BCUT2D eigenvalue weighted by molar-refractivity contribution is -0.419. The molecule has 3 aliphatic rings. The lowest BCUT2D eigenvalue weighted by Gasteiger charge is -2.45. The fourth-order valence-electron chi connectivity index (χ4n) is 6.51. The highest BCUT2D eigenvalue weighted by Crippen LogP contribution is 2.53. The summed E-state index contributed by atoms with van der Waals surface area (Å²) in [5.74, 6) is -0.863. The maximum absolute atomic E-state index is 6.77. The van der Waals surface area contributed by atoms with E-state index in [9.17, 15) is 0 Å². The number of oxime groups is 2. The largest absolute Gasteiger partial charge is 0.512 e. The third kappa shape index (κ3) is 4.08. The predicted octanol–water partition coefficient (Wildman–Crippen LogP) is 7.15. The summed E-state index contributed by atoms with van der Waals surface area (Å²) in [6.07, 6.45) is 0. The minimum Gasteiger partial charge on any atom is -0.394 e. The number of rotatable bonds is 4. The Balaban J connectivity index is 1.46. The monoisotopic (exact) mass is 586 g/mol. The molecule has 8 nitrogen and oxygen atoms in total. The van der Waals surface area contributed by atoms with Gasteiger partial charge in [-0.2, -0.15) is 5.01 Å². The van der Waals surface area contributed by atoms with Gasteiger partial charge in [0, 0.05) is 22.3 Å². The van der Waals surface area contributed by atoms with E-state index in [0.717, 1.165) is 55.6 Å². The summed E-state index contributed by atoms with van der Waals surface area (Å²) in [6.45, 7) is 14.4. The first kappa shape index (κ1) is 27.7. The average molecular weight is 587 g/mol. The van der Waals surface area contributed by atoms with Crippen LogP contribution in [0, 0.1) is 48.5 Å². The molecular weight excluding hydrogens is 552 g/mol. The molecule has 3 heterocycles. The van der Waals surface area contributed by atoms with Crippen LogP contribution in [0.4, 0.5) is 0 Å². The molecule has 0 aliphatic carbocycles. The summed E-state index contributed by atoms with van der Waals surface area (Å²) in [5, 5.41) is 16.0. The molecule has 7 rings (SSSR count). The fraction of sp³-hybridized carbons (Fsp3) is 0.250. The Hall–Kier alpha value is -5.11. The van der Waals surface area contributed by atoms with Crippen LogP contribution in [0.2, 0.25) is 0 Å². The number of hydrogen-bond acceptors (Lipinski definition) is 8. The van der Waals surface area contributed by atoms with Crippen molar-refractivity contribution in [3.63, 3.8) is 0 Å². The summed E-state index contributed by atoms with van der Waals surface area (Å²) >= 11 is 0. The molecule has 0 saturated heterocycles. The molecular formula is C36H34N4O4. The Labute approximate surface area is 257 Å². The number of hydrogen-bond donors (Lipinski definition) is 0. The molecule has 0 saturated carbocycles. The molecule has 4 aromatic rings. The summed E-state index contributed by atoms with van der Waals surface area (Å²) in [6, 6.07) is 26.0. The van der Waals surface area contributed by atoms with Crippen molar-refractivity contribution in [3.8, 4) is 0 Å². The number of nitrogens with zero attached hydrogens (tertiary/aromatic N) is 4. The highest BCUT2D eigenvalue weighted by Gasteiger charge is 2.76. The van der Waals surface area contributed by atoms with Crippen molar-refractivity contribution in [2.75, 3.05) is 0 Å². The first-order valence-corrected chi connectivity index (χ1v) is 14.7. The quantitative estimate of drug-likeness (QED) is 0.254. The molecule has 4 aromatic carbocycles. The van der Waals surface area contributed by atoms with Gasteiger partial charge in [-0.25, -0.2) is 0 Å². The number of aryl methyl sites for hydroxylation is 7. The Morgan fingerprint density at radius 2 is 1.14 bits per heavy atom. The topological polar surface area (TPSA) is 77.2 Å². The van der Waals surface area contributed by atoms with Crippen LogP contribution >= 0.6 is 0 Å². The van der Waals surface area contributed by atoms with Gasteiger partial charge in [-0.15, -0.1) is 5.10 Å². The number of hydrazone groups is 1.